The summed E-state index contributed by atoms with van der Waals surface area (Å²) in [6.07, 6.45) is 2.99. The summed E-state index contributed by atoms with van der Waals surface area (Å²) in [6.45, 7) is 11.7. The van der Waals surface area contributed by atoms with E-state index in [1.807, 2.05) is 0 Å². The highest BCUT2D eigenvalue weighted by Crippen LogP contribution is 2.89. The fraction of sp³-hybridized carbons (Fsp3) is 1.00. The summed E-state index contributed by atoms with van der Waals surface area (Å²) in [5.74, 6) is 1.66. The Kier molecular flexibility index (Phi) is 6.31. The van der Waals surface area contributed by atoms with Gasteiger partial charge in [-0.3, -0.25) is 0 Å². The molecular formula is C32H52O8. The Morgan fingerprint density at radius 1 is 0.875 bits per heavy atom. The molecule has 0 aromatic carbocycles. The SMILES string of the molecule is C[C@@H]1CC(CO)OC2[C@H]1[C@@]1(C)CC[C@@]34C[C@@]35CCC(O[C@@H]3OC[C@@H](O)[C@H](O)[C@H]3O)C(C)(C)[C@@H]5CCC4[C@]1(C)[C@H]2O. The number of aliphatic hydroxyl groups excluding tert-OH is 5. The van der Waals surface area contributed by atoms with E-state index in [4.69, 9.17) is 14.2 Å². The third kappa shape index (κ3) is 3.26. The first kappa shape index (κ1) is 28.5. The number of ether oxygens (including phenoxy) is 3. The summed E-state index contributed by atoms with van der Waals surface area (Å²) in [7, 11) is 0. The van der Waals surface area contributed by atoms with E-state index in [0.717, 1.165) is 38.5 Å². The summed E-state index contributed by atoms with van der Waals surface area (Å²) in [5, 5.41) is 52.7. The summed E-state index contributed by atoms with van der Waals surface area (Å²) < 4.78 is 18.5. The molecule has 8 heteroatoms. The van der Waals surface area contributed by atoms with Crippen LogP contribution in [-0.4, -0.2) is 87.8 Å². The lowest BCUT2D eigenvalue weighted by Crippen LogP contribution is -2.61. The van der Waals surface area contributed by atoms with Gasteiger partial charge in [0.15, 0.2) is 6.29 Å². The fourth-order valence-electron chi connectivity index (χ4n) is 12.8. The second-order valence-electron chi connectivity index (χ2n) is 16.2. The van der Waals surface area contributed by atoms with Crippen molar-refractivity contribution in [2.75, 3.05) is 13.2 Å². The maximum atomic E-state index is 12.1. The number of hydrogen-bond acceptors (Lipinski definition) is 8. The van der Waals surface area contributed by atoms with Gasteiger partial charge in [0.1, 0.15) is 18.3 Å². The highest BCUT2D eigenvalue weighted by molar-refractivity contribution is 5.32. The quantitative estimate of drug-likeness (QED) is 0.331. The lowest BCUT2D eigenvalue weighted by molar-refractivity contribution is -0.303. The predicted octanol–water partition coefficient (Wildman–Crippen LogP) is 2.62. The lowest BCUT2D eigenvalue weighted by Gasteiger charge is -2.64. The summed E-state index contributed by atoms with van der Waals surface area (Å²) in [5.41, 5.74) is 0.147. The van der Waals surface area contributed by atoms with Crippen LogP contribution in [0.3, 0.4) is 0 Å². The largest absolute Gasteiger partial charge is 0.394 e. The Labute approximate surface area is 238 Å². The molecule has 16 atom stereocenters. The van der Waals surface area contributed by atoms with Gasteiger partial charge in [0.25, 0.3) is 0 Å². The van der Waals surface area contributed by atoms with Crippen LogP contribution in [0.1, 0.15) is 86.0 Å². The van der Waals surface area contributed by atoms with Crippen molar-refractivity contribution in [2.45, 2.75) is 135 Å². The van der Waals surface area contributed by atoms with Crippen LogP contribution in [0.15, 0.2) is 0 Å². The smallest absolute Gasteiger partial charge is 0.186 e. The van der Waals surface area contributed by atoms with Crippen LogP contribution in [0.4, 0.5) is 0 Å². The van der Waals surface area contributed by atoms with Crippen LogP contribution in [0, 0.1) is 50.7 Å². The van der Waals surface area contributed by atoms with Gasteiger partial charge >= 0.3 is 0 Å². The zero-order chi connectivity index (χ0) is 28.6. The van der Waals surface area contributed by atoms with Crippen molar-refractivity contribution < 1.29 is 39.7 Å². The molecule has 7 rings (SSSR count). The molecule has 2 heterocycles. The highest BCUT2D eigenvalue weighted by atomic mass is 16.7. The van der Waals surface area contributed by atoms with E-state index in [1.165, 1.54) is 12.8 Å². The van der Waals surface area contributed by atoms with Crippen molar-refractivity contribution in [1.29, 1.82) is 0 Å². The van der Waals surface area contributed by atoms with Crippen LogP contribution in [0.5, 0.6) is 0 Å². The molecule has 40 heavy (non-hydrogen) atoms. The second kappa shape index (κ2) is 8.87. The molecule has 5 saturated carbocycles. The second-order valence-corrected chi connectivity index (χ2v) is 16.2. The topological polar surface area (TPSA) is 129 Å². The monoisotopic (exact) mass is 564 g/mol. The van der Waals surface area contributed by atoms with Gasteiger partial charge in [0.2, 0.25) is 0 Å². The molecule has 2 saturated heterocycles. The van der Waals surface area contributed by atoms with E-state index < -0.39 is 30.7 Å². The summed E-state index contributed by atoms with van der Waals surface area (Å²) in [6, 6.07) is 0. The zero-order valence-corrected chi connectivity index (χ0v) is 25.0. The first-order valence-corrected chi connectivity index (χ1v) is 16.0. The first-order valence-electron chi connectivity index (χ1n) is 16.0. The average molecular weight is 565 g/mol. The molecule has 4 unspecified atom stereocenters. The Bertz CT molecular complexity index is 1020. The number of aliphatic hydroxyl groups is 5. The van der Waals surface area contributed by atoms with E-state index >= 15 is 0 Å². The van der Waals surface area contributed by atoms with Crippen LogP contribution in [-0.2, 0) is 14.2 Å². The molecule has 7 aliphatic rings. The molecule has 2 aliphatic heterocycles. The molecule has 7 fully saturated rings. The van der Waals surface area contributed by atoms with E-state index in [9.17, 15) is 25.5 Å². The maximum Gasteiger partial charge on any atom is 0.186 e. The van der Waals surface area contributed by atoms with Gasteiger partial charge in [-0.2, -0.15) is 0 Å². The summed E-state index contributed by atoms with van der Waals surface area (Å²) in [4.78, 5) is 0. The molecule has 5 N–H and O–H groups in total. The Morgan fingerprint density at radius 2 is 1.57 bits per heavy atom. The third-order valence-corrected chi connectivity index (χ3v) is 14.8. The van der Waals surface area contributed by atoms with Gasteiger partial charge in [-0.1, -0.05) is 34.6 Å². The van der Waals surface area contributed by atoms with Crippen molar-refractivity contribution >= 4 is 0 Å². The minimum absolute atomic E-state index is 0.0130. The van der Waals surface area contributed by atoms with Gasteiger partial charge in [0.05, 0.1) is 37.6 Å². The van der Waals surface area contributed by atoms with Crippen molar-refractivity contribution in [1.82, 2.24) is 0 Å². The van der Waals surface area contributed by atoms with E-state index in [-0.39, 0.29) is 58.6 Å². The van der Waals surface area contributed by atoms with E-state index in [1.54, 1.807) is 0 Å². The van der Waals surface area contributed by atoms with Gasteiger partial charge in [-0.05, 0) is 96.7 Å². The minimum atomic E-state index is -1.27. The van der Waals surface area contributed by atoms with Crippen LogP contribution in [0.25, 0.3) is 0 Å². The fourth-order valence-corrected chi connectivity index (χ4v) is 12.8. The zero-order valence-electron chi connectivity index (χ0n) is 25.0. The van der Waals surface area contributed by atoms with Gasteiger partial charge in [-0.15, -0.1) is 0 Å². The van der Waals surface area contributed by atoms with Crippen molar-refractivity contribution in [2.24, 2.45) is 50.7 Å². The molecule has 8 nitrogen and oxygen atoms in total. The molecule has 5 aliphatic carbocycles. The number of hydrogen-bond donors (Lipinski definition) is 5. The minimum Gasteiger partial charge on any atom is -0.394 e. The van der Waals surface area contributed by atoms with Crippen molar-refractivity contribution in [3.05, 3.63) is 0 Å². The Morgan fingerprint density at radius 3 is 2.30 bits per heavy atom. The van der Waals surface area contributed by atoms with Crippen LogP contribution < -0.4 is 0 Å². The van der Waals surface area contributed by atoms with E-state index in [0.29, 0.717) is 23.7 Å². The van der Waals surface area contributed by atoms with Gasteiger partial charge in [0, 0.05) is 5.41 Å². The standard InChI is InChI=1S/C32H52O8/c1-16-12-17(13-33)39-25-22(16)29(4)10-11-32-15-31(32)9-8-21(40-27-24(36)23(35)18(34)14-38-27)28(2,3)19(31)6-7-20(32)30(29,5)26(25)37/h16-27,33-37H,6-15H2,1-5H3/t16-,17?,18-,19+,20?,21?,22+,23+,24-,25?,26+,27+,29-,30-,31-,32+/m1/s1. The molecule has 228 valence electrons. The lowest BCUT2D eigenvalue weighted by atomic mass is 9.41. The normalized spacial score (nSPS) is 62.0. The molecular weight excluding hydrogens is 512 g/mol. The van der Waals surface area contributed by atoms with E-state index in [2.05, 4.69) is 34.6 Å². The first-order chi connectivity index (χ1) is 18.8. The summed E-state index contributed by atoms with van der Waals surface area (Å²) >= 11 is 0. The average Bonchev–Trinajstić information content (AvgIpc) is 3.55. The van der Waals surface area contributed by atoms with Gasteiger partial charge < -0.3 is 39.7 Å². The molecule has 0 aromatic rings. The third-order valence-electron chi connectivity index (χ3n) is 14.8. The number of fused-ring (bicyclic) bond motifs is 4. The van der Waals surface area contributed by atoms with Crippen molar-refractivity contribution in [3.8, 4) is 0 Å². The van der Waals surface area contributed by atoms with Gasteiger partial charge in [-0.25, -0.2) is 0 Å². The van der Waals surface area contributed by atoms with Crippen molar-refractivity contribution in [3.63, 3.8) is 0 Å². The molecule has 0 radical (unpaired) electrons. The van der Waals surface area contributed by atoms with Crippen LogP contribution >= 0.6 is 0 Å². The molecule has 2 spiro atoms. The molecule has 0 aromatic heterocycles. The number of rotatable bonds is 3. The van der Waals surface area contributed by atoms with Crippen LogP contribution in [0.2, 0.25) is 0 Å². The maximum absolute atomic E-state index is 12.1. The Balaban J connectivity index is 1.16. The predicted molar refractivity (Wildman–Crippen MR) is 146 cm³/mol. The highest BCUT2D eigenvalue weighted by Gasteiger charge is 2.84. The molecule has 0 bridgehead atoms. The molecule has 0 amide bonds. The Hall–Kier alpha value is -0.320.